The first-order valence-electron chi connectivity index (χ1n) is 10.6. The first-order chi connectivity index (χ1) is 15.1. The molecule has 1 saturated heterocycles. The van der Waals surface area contributed by atoms with E-state index in [4.69, 9.17) is 4.74 Å². The summed E-state index contributed by atoms with van der Waals surface area (Å²) in [4.78, 5) is 23.9. The van der Waals surface area contributed by atoms with Crippen molar-refractivity contribution in [3.63, 3.8) is 0 Å². The van der Waals surface area contributed by atoms with Crippen LogP contribution < -0.4 is 20.3 Å². The van der Waals surface area contributed by atoms with Crippen LogP contribution in [0.4, 0.5) is 23.1 Å². The van der Waals surface area contributed by atoms with Crippen LogP contribution in [0.15, 0.2) is 60.7 Å². The van der Waals surface area contributed by atoms with E-state index in [1.54, 1.807) is 6.92 Å². The summed E-state index contributed by atoms with van der Waals surface area (Å²) in [5.41, 5.74) is 2.47. The fourth-order valence-corrected chi connectivity index (χ4v) is 3.48. The number of para-hydroxylation sites is 1. The van der Waals surface area contributed by atoms with Crippen LogP contribution in [-0.2, 0) is 4.79 Å². The van der Waals surface area contributed by atoms with Crippen molar-refractivity contribution in [3.8, 4) is 5.75 Å². The molecule has 0 aliphatic carbocycles. The van der Waals surface area contributed by atoms with Crippen molar-refractivity contribution in [1.82, 2.24) is 9.97 Å². The van der Waals surface area contributed by atoms with Crippen molar-refractivity contribution >= 4 is 29.0 Å². The number of anilines is 4. The molecule has 7 heteroatoms. The lowest BCUT2D eigenvalue weighted by Gasteiger charge is -2.18. The molecule has 1 aliphatic rings. The summed E-state index contributed by atoms with van der Waals surface area (Å²) in [7, 11) is 0. The van der Waals surface area contributed by atoms with Crippen LogP contribution in [0, 0.1) is 6.92 Å². The molecule has 0 saturated carbocycles. The molecule has 4 rings (SSSR count). The SMILES string of the molecule is Cc1cc(N2CCCC2)nc(Nc2ccc(NC(=O)C(C)Oc3ccccc3)cc2)n1. The van der Waals surface area contributed by atoms with Gasteiger partial charge in [0, 0.05) is 36.2 Å². The molecule has 0 spiro atoms. The highest BCUT2D eigenvalue weighted by Gasteiger charge is 2.16. The smallest absolute Gasteiger partial charge is 0.265 e. The van der Waals surface area contributed by atoms with Gasteiger partial charge in [0.1, 0.15) is 11.6 Å². The standard InChI is InChI=1S/C24H27N5O2/c1-17-16-22(29-14-6-7-15-29)28-24(25-17)27-20-12-10-19(11-13-20)26-23(30)18(2)31-21-8-4-3-5-9-21/h3-5,8-13,16,18H,6-7,14-15H2,1-2H3,(H,26,30)(H,25,27,28). The summed E-state index contributed by atoms with van der Waals surface area (Å²) in [6.07, 6.45) is 1.80. The second-order valence-corrected chi connectivity index (χ2v) is 7.65. The van der Waals surface area contributed by atoms with Gasteiger partial charge in [-0.3, -0.25) is 4.79 Å². The molecule has 3 aromatic rings. The number of nitrogens with zero attached hydrogens (tertiary/aromatic N) is 3. The van der Waals surface area contributed by atoms with E-state index in [2.05, 4.69) is 25.5 Å². The summed E-state index contributed by atoms with van der Waals surface area (Å²) < 4.78 is 5.67. The number of amides is 1. The molecule has 1 fully saturated rings. The number of carbonyl (C=O) groups excluding carboxylic acids is 1. The van der Waals surface area contributed by atoms with E-state index in [-0.39, 0.29) is 5.91 Å². The van der Waals surface area contributed by atoms with Gasteiger partial charge in [-0.15, -0.1) is 0 Å². The molecule has 1 amide bonds. The molecule has 7 nitrogen and oxygen atoms in total. The van der Waals surface area contributed by atoms with Gasteiger partial charge in [0.25, 0.3) is 5.91 Å². The topological polar surface area (TPSA) is 79.4 Å². The summed E-state index contributed by atoms with van der Waals surface area (Å²) in [6, 6.07) is 18.8. The number of hydrogen-bond acceptors (Lipinski definition) is 6. The second-order valence-electron chi connectivity index (χ2n) is 7.65. The van der Waals surface area contributed by atoms with E-state index in [1.165, 1.54) is 12.8 Å². The number of carbonyl (C=O) groups is 1. The minimum absolute atomic E-state index is 0.207. The van der Waals surface area contributed by atoms with Crippen LogP contribution >= 0.6 is 0 Å². The lowest BCUT2D eigenvalue weighted by molar-refractivity contribution is -0.122. The van der Waals surface area contributed by atoms with Crippen molar-refractivity contribution in [3.05, 3.63) is 66.4 Å². The van der Waals surface area contributed by atoms with Crippen LogP contribution in [0.25, 0.3) is 0 Å². The van der Waals surface area contributed by atoms with Gasteiger partial charge in [-0.05, 0) is 63.1 Å². The number of aryl methyl sites for hydroxylation is 1. The fourth-order valence-electron chi connectivity index (χ4n) is 3.48. The minimum atomic E-state index is -0.607. The van der Waals surface area contributed by atoms with Gasteiger partial charge in [-0.25, -0.2) is 4.98 Å². The number of aromatic nitrogens is 2. The van der Waals surface area contributed by atoms with Crippen LogP contribution in [0.5, 0.6) is 5.75 Å². The van der Waals surface area contributed by atoms with E-state index in [9.17, 15) is 4.79 Å². The molecule has 0 radical (unpaired) electrons. The Morgan fingerprint density at radius 2 is 1.68 bits per heavy atom. The third-order valence-electron chi connectivity index (χ3n) is 5.10. The third kappa shape index (κ3) is 5.51. The molecule has 2 heterocycles. The van der Waals surface area contributed by atoms with Crippen molar-refractivity contribution in [1.29, 1.82) is 0 Å². The number of hydrogen-bond donors (Lipinski definition) is 2. The van der Waals surface area contributed by atoms with E-state index in [0.717, 1.165) is 30.3 Å². The number of rotatable bonds is 7. The monoisotopic (exact) mass is 417 g/mol. The Labute approximate surface area is 182 Å². The van der Waals surface area contributed by atoms with E-state index < -0.39 is 6.10 Å². The van der Waals surface area contributed by atoms with Gasteiger partial charge in [-0.2, -0.15) is 4.98 Å². The average molecular weight is 418 g/mol. The molecule has 160 valence electrons. The average Bonchev–Trinajstić information content (AvgIpc) is 3.30. The zero-order valence-electron chi connectivity index (χ0n) is 17.8. The normalized spacial score (nSPS) is 14.2. The molecule has 31 heavy (non-hydrogen) atoms. The highest BCUT2D eigenvalue weighted by molar-refractivity contribution is 5.94. The third-order valence-corrected chi connectivity index (χ3v) is 5.10. The maximum Gasteiger partial charge on any atom is 0.265 e. The van der Waals surface area contributed by atoms with Crippen LogP contribution in [-0.4, -0.2) is 35.1 Å². The Kier molecular flexibility index (Phi) is 6.31. The molecule has 1 aliphatic heterocycles. The molecular weight excluding hydrogens is 390 g/mol. The lowest BCUT2D eigenvalue weighted by atomic mass is 10.2. The van der Waals surface area contributed by atoms with Crippen molar-refractivity contribution < 1.29 is 9.53 Å². The van der Waals surface area contributed by atoms with Gasteiger partial charge in [0.2, 0.25) is 5.95 Å². The predicted molar refractivity (Wildman–Crippen MR) is 123 cm³/mol. The number of nitrogens with one attached hydrogen (secondary N) is 2. The summed E-state index contributed by atoms with van der Waals surface area (Å²) in [6.45, 7) is 5.78. The first-order valence-corrected chi connectivity index (χ1v) is 10.6. The zero-order valence-corrected chi connectivity index (χ0v) is 17.8. The van der Waals surface area contributed by atoms with E-state index >= 15 is 0 Å². The first kappa shape index (κ1) is 20.7. The van der Waals surface area contributed by atoms with Crippen molar-refractivity contribution in [2.45, 2.75) is 32.8 Å². The van der Waals surface area contributed by atoms with Gasteiger partial charge in [-0.1, -0.05) is 18.2 Å². The van der Waals surface area contributed by atoms with Gasteiger partial charge in [0.15, 0.2) is 6.10 Å². The fraction of sp³-hybridized carbons (Fsp3) is 0.292. The quantitative estimate of drug-likeness (QED) is 0.588. The number of ether oxygens (including phenoxy) is 1. The van der Waals surface area contributed by atoms with Crippen molar-refractivity contribution in [2.75, 3.05) is 28.6 Å². The Bertz CT molecular complexity index is 1020. The van der Waals surface area contributed by atoms with Gasteiger partial charge < -0.3 is 20.3 Å². The molecule has 1 atom stereocenters. The maximum atomic E-state index is 12.4. The zero-order chi connectivity index (χ0) is 21.6. The molecule has 2 N–H and O–H groups in total. The van der Waals surface area contributed by atoms with Crippen molar-refractivity contribution in [2.24, 2.45) is 0 Å². The Morgan fingerprint density at radius 1 is 1.00 bits per heavy atom. The Balaban J connectivity index is 1.36. The molecule has 1 unspecified atom stereocenters. The highest BCUT2D eigenvalue weighted by Crippen LogP contribution is 2.22. The molecule has 2 aromatic carbocycles. The maximum absolute atomic E-state index is 12.4. The van der Waals surface area contributed by atoms with Crippen LogP contribution in [0.3, 0.4) is 0 Å². The second kappa shape index (κ2) is 9.47. The Morgan fingerprint density at radius 3 is 2.39 bits per heavy atom. The molecule has 0 bridgehead atoms. The van der Waals surface area contributed by atoms with Gasteiger partial charge in [0.05, 0.1) is 0 Å². The minimum Gasteiger partial charge on any atom is -0.481 e. The van der Waals surface area contributed by atoms with E-state index in [0.29, 0.717) is 17.4 Å². The molecular formula is C24H27N5O2. The molecule has 1 aromatic heterocycles. The van der Waals surface area contributed by atoms with E-state index in [1.807, 2.05) is 67.6 Å². The largest absolute Gasteiger partial charge is 0.481 e. The lowest BCUT2D eigenvalue weighted by Crippen LogP contribution is -2.30. The predicted octanol–water partition coefficient (Wildman–Crippen LogP) is 4.53. The summed E-state index contributed by atoms with van der Waals surface area (Å²) >= 11 is 0. The Hall–Kier alpha value is -3.61. The van der Waals surface area contributed by atoms with Crippen LogP contribution in [0.2, 0.25) is 0 Å². The summed E-state index contributed by atoms with van der Waals surface area (Å²) in [5.74, 6) is 1.99. The number of benzene rings is 2. The van der Waals surface area contributed by atoms with Gasteiger partial charge >= 0.3 is 0 Å². The summed E-state index contributed by atoms with van der Waals surface area (Å²) in [5, 5.41) is 6.14. The highest BCUT2D eigenvalue weighted by atomic mass is 16.5. The van der Waals surface area contributed by atoms with Crippen LogP contribution in [0.1, 0.15) is 25.5 Å².